The predicted molar refractivity (Wildman–Crippen MR) is 103 cm³/mol. The second kappa shape index (κ2) is 8.15. The molecule has 158 valence electrons. The molecule has 2 heterocycles. The second-order valence-electron chi connectivity index (χ2n) is 6.60. The number of anilines is 2. The third kappa shape index (κ3) is 4.78. The Bertz CT molecular complexity index is 956. The summed E-state index contributed by atoms with van der Waals surface area (Å²) >= 11 is 0. The molecule has 1 aromatic heterocycles. The lowest BCUT2D eigenvalue weighted by Gasteiger charge is -2.34. The van der Waals surface area contributed by atoms with Gasteiger partial charge in [-0.2, -0.15) is 17.5 Å². The molecule has 0 aliphatic carbocycles. The lowest BCUT2D eigenvalue weighted by Crippen LogP contribution is -2.49. The SMILES string of the molecule is CCNc1cc(N2CCN(S(=O)(=O)c3ccc(C(F)(F)F)cc3)CC2)nc(C)n1. The van der Waals surface area contributed by atoms with Gasteiger partial charge in [0.15, 0.2) is 0 Å². The molecule has 0 amide bonds. The molecule has 0 bridgehead atoms. The summed E-state index contributed by atoms with van der Waals surface area (Å²) in [5.74, 6) is 2.02. The van der Waals surface area contributed by atoms with Crippen molar-refractivity contribution in [2.24, 2.45) is 0 Å². The molecule has 1 aliphatic rings. The van der Waals surface area contributed by atoms with Gasteiger partial charge in [0.05, 0.1) is 10.5 Å². The van der Waals surface area contributed by atoms with Crippen LogP contribution in [-0.2, 0) is 16.2 Å². The fourth-order valence-corrected chi connectivity index (χ4v) is 4.53. The number of nitrogens with zero attached hydrogens (tertiary/aromatic N) is 4. The normalized spacial score (nSPS) is 16.1. The molecule has 0 saturated carbocycles. The molecule has 0 spiro atoms. The smallest absolute Gasteiger partial charge is 0.370 e. The summed E-state index contributed by atoms with van der Waals surface area (Å²) in [6, 6.07) is 5.39. The molecule has 1 N–H and O–H groups in total. The zero-order valence-electron chi connectivity index (χ0n) is 16.1. The Labute approximate surface area is 167 Å². The monoisotopic (exact) mass is 429 g/mol. The van der Waals surface area contributed by atoms with Crippen molar-refractivity contribution < 1.29 is 21.6 Å². The summed E-state index contributed by atoms with van der Waals surface area (Å²) in [5, 5.41) is 3.13. The molecule has 1 fully saturated rings. The van der Waals surface area contributed by atoms with Crippen LogP contribution in [0.5, 0.6) is 0 Å². The average Bonchev–Trinajstić information content (AvgIpc) is 2.67. The minimum absolute atomic E-state index is 0.147. The van der Waals surface area contributed by atoms with E-state index in [1.54, 1.807) is 6.92 Å². The highest BCUT2D eigenvalue weighted by Crippen LogP contribution is 2.30. The Morgan fingerprint density at radius 2 is 1.69 bits per heavy atom. The first-order chi connectivity index (χ1) is 13.6. The van der Waals surface area contributed by atoms with Crippen LogP contribution in [0.2, 0.25) is 0 Å². The lowest BCUT2D eigenvalue weighted by molar-refractivity contribution is -0.137. The first-order valence-electron chi connectivity index (χ1n) is 9.13. The van der Waals surface area contributed by atoms with Crippen LogP contribution in [0.4, 0.5) is 24.8 Å². The Kier molecular flexibility index (Phi) is 5.99. The maximum absolute atomic E-state index is 12.8. The molecule has 3 rings (SSSR count). The number of nitrogens with one attached hydrogen (secondary N) is 1. The Balaban J connectivity index is 1.71. The van der Waals surface area contributed by atoms with Gasteiger partial charge in [0, 0.05) is 38.8 Å². The van der Waals surface area contributed by atoms with Gasteiger partial charge in [0.1, 0.15) is 17.5 Å². The maximum Gasteiger partial charge on any atom is 0.416 e. The van der Waals surface area contributed by atoms with Gasteiger partial charge in [-0.1, -0.05) is 0 Å². The van der Waals surface area contributed by atoms with Gasteiger partial charge in [-0.25, -0.2) is 18.4 Å². The number of hydrogen-bond donors (Lipinski definition) is 1. The van der Waals surface area contributed by atoms with E-state index >= 15 is 0 Å². The number of rotatable bonds is 5. The summed E-state index contributed by atoms with van der Waals surface area (Å²) < 4.78 is 64.9. The van der Waals surface area contributed by atoms with E-state index in [-0.39, 0.29) is 18.0 Å². The fraction of sp³-hybridized carbons (Fsp3) is 0.444. The largest absolute Gasteiger partial charge is 0.416 e. The minimum atomic E-state index is -4.50. The van der Waals surface area contributed by atoms with E-state index in [1.165, 1.54) is 4.31 Å². The number of sulfonamides is 1. The van der Waals surface area contributed by atoms with Crippen LogP contribution in [0.25, 0.3) is 0 Å². The molecular formula is C18H22F3N5O2S. The van der Waals surface area contributed by atoms with Crippen molar-refractivity contribution in [2.45, 2.75) is 24.9 Å². The molecule has 1 aliphatic heterocycles. The summed E-state index contributed by atoms with van der Waals surface area (Å²) in [6.07, 6.45) is -4.50. The van der Waals surface area contributed by atoms with Gasteiger partial charge in [0.2, 0.25) is 10.0 Å². The summed E-state index contributed by atoms with van der Waals surface area (Å²) in [5.41, 5.74) is -0.878. The van der Waals surface area contributed by atoms with E-state index in [2.05, 4.69) is 15.3 Å². The molecule has 0 atom stereocenters. The predicted octanol–water partition coefficient (Wildman–Crippen LogP) is 2.75. The quantitative estimate of drug-likeness (QED) is 0.788. The molecule has 11 heteroatoms. The van der Waals surface area contributed by atoms with Gasteiger partial charge >= 0.3 is 6.18 Å². The standard InChI is InChI=1S/C18H22F3N5O2S/c1-3-22-16-12-17(24-13(2)23-16)25-8-10-26(11-9-25)29(27,28)15-6-4-14(5-7-15)18(19,20)21/h4-7,12H,3,8-11H2,1-2H3,(H,22,23,24). The summed E-state index contributed by atoms with van der Waals surface area (Å²) in [4.78, 5) is 10.5. The van der Waals surface area contributed by atoms with Crippen LogP contribution in [0.3, 0.4) is 0 Å². The van der Waals surface area contributed by atoms with Gasteiger partial charge in [-0.15, -0.1) is 0 Å². The van der Waals surface area contributed by atoms with Gasteiger partial charge in [-0.05, 0) is 38.1 Å². The van der Waals surface area contributed by atoms with Crippen molar-refractivity contribution in [3.05, 3.63) is 41.7 Å². The number of benzene rings is 1. The second-order valence-corrected chi connectivity index (χ2v) is 8.54. The summed E-state index contributed by atoms with van der Waals surface area (Å²) in [6.45, 7) is 5.72. The van der Waals surface area contributed by atoms with Crippen molar-refractivity contribution in [1.29, 1.82) is 0 Å². The van der Waals surface area contributed by atoms with Crippen LogP contribution in [0, 0.1) is 6.92 Å². The topological polar surface area (TPSA) is 78.4 Å². The van der Waals surface area contributed by atoms with Crippen molar-refractivity contribution in [2.75, 3.05) is 42.9 Å². The highest BCUT2D eigenvalue weighted by atomic mass is 32.2. The van der Waals surface area contributed by atoms with E-state index in [4.69, 9.17) is 0 Å². The Morgan fingerprint density at radius 1 is 1.07 bits per heavy atom. The van der Waals surface area contributed by atoms with Crippen molar-refractivity contribution in [3.8, 4) is 0 Å². The molecule has 7 nitrogen and oxygen atoms in total. The number of aromatic nitrogens is 2. The number of halogens is 3. The van der Waals surface area contributed by atoms with Crippen LogP contribution in [0.1, 0.15) is 18.3 Å². The lowest BCUT2D eigenvalue weighted by atomic mass is 10.2. The molecule has 1 aromatic carbocycles. The first-order valence-corrected chi connectivity index (χ1v) is 10.6. The molecule has 1 saturated heterocycles. The van der Waals surface area contributed by atoms with E-state index < -0.39 is 21.8 Å². The Hall–Kier alpha value is -2.40. The number of hydrogen-bond acceptors (Lipinski definition) is 6. The van der Waals surface area contributed by atoms with Crippen molar-refractivity contribution in [1.82, 2.24) is 14.3 Å². The zero-order chi connectivity index (χ0) is 21.2. The van der Waals surface area contributed by atoms with Gasteiger partial charge < -0.3 is 10.2 Å². The van der Waals surface area contributed by atoms with E-state index in [9.17, 15) is 21.6 Å². The van der Waals surface area contributed by atoms with E-state index in [0.29, 0.717) is 30.5 Å². The number of alkyl halides is 3. The van der Waals surface area contributed by atoms with Crippen molar-refractivity contribution in [3.63, 3.8) is 0 Å². The highest BCUT2D eigenvalue weighted by molar-refractivity contribution is 7.89. The molecule has 0 unspecified atom stereocenters. The van der Waals surface area contributed by atoms with E-state index in [0.717, 1.165) is 30.8 Å². The van der Waals surface area contributed by atoms with Crippen LogP contribution >= 0.6 is 0 Å². The van der Waals surface area contributed by atoms with Crippen LogP contribution in [0.15, 0.2) is 35.2 Å². The molecular weight excluding hydrogens is 407 g/mol. The van der Waals surface area contributed by atoms with E-state index in [1.807, 2.05) is 17.9 Å². The van der Waals surface area contributed by atoms with Gasteiger partial charge in [-0.3, -0.25) is 0 Å². The number of piperazine rings is 1. The van der Waals surface area contributed by atoms with Crippen molar-refractivity contribution >= 4 is 21.7 Å². The van der Waals surface area contributed by atoms with Gasteiger partial charge in [0.25, 0.3) is 0 Å². The van der Waals surface area contributed by atoms with Crippen LogP contribution < -0.4 is 10.2 Å². The molecule has 29 heavy (non-hydrogen) atoms. The molecule has 0 radical (unpaired) electrons. The summed E-state index contributed by atoms with van der Waals surface area (Å²) in [7, 11) is -3.86. The highest BCUT2D eigenvalue weighted by Gasteiger charge is 2.32. The fourth-order valence-electron chi connectivity index (χ4n) is 3.11. The zero-order valence-corrected chi connectivity index (χ0v) is 16.9. The number of aryl methyl sites for hydroxylation is 1. The third-order valence-electron chi connectivity index (χ3n) is 4.56. The third-order valence-corrected chi connectivity index (χ3v) is 6.48. The Morgan fingerprint density at radius 3 is 2.24 bits per heavy atom. The average molecular weight is 429 g/mol. The first kappa shape index (κ1) is 21.3. The molecule has 2 aromatic rings. The maximum atomic E-state index is 12.8. The minimum Gasteiger partial charge on any atom is -0.370 e. The van der Waals surface area contributed by atoms with Crippen LogP contribution in [-0.4, -0.2) is 55.4 Å².